The van der Waals surface area contributed by atoms with Crippen molar-refractivity contribution in [1.29, 1.82) is 0 Å². The Balaban J connectivity index is 2.41. The van der Waals surface area contributed by atoms with Gasteiger partial charge in [0.25, 0.3) is 0 Å². The molecule has 0 spiro atoms. The van der Waals surface area contributed by atoms with Crippen LogP contribution in [-0.2, 0) is 11.8 Å². The highest BCUT2D eigenvalue weighted by molar-refractivity contribution is 7.10. The zero-order chi connectivity index (χ0) is 14.8. The molecule has 0 amide bonds. The summed E-state index contributed by atoms with van der Waals surface area (Å²) in [6.07, 6.45) is 0.893. The zero-order valence-corrected chi connectivity index (χ0v) is 13.6. The molecule has 20 heavy (non-hydrogen) atoms. The third kappa shape index (κ3) is 3.33. The second-order valence-electron chi connectivity index (χ2n) is 5.74. The van der Waals surface area contributed by atoms with Crippen LogP contribution in [-0.4, -0.2) is 21.5 Å². The van der Waals surface area contributed by atoms with E-state index in [0.717, 1.165) is 35.2 Å². The Morgan fingerprint density at radius 3 is 2.45 bits per heavy atom. The van der Waals surface area contributed by atoms with Crippen LogP contribution in [0.3, 0.4) is 0 Å². The van der Waals surface area contributed by atoms with Crippen molar-refractivity contribution in [1.82, 2.24) is 15.0 Å². The molecule has 0 saturated carbocycles. The van der Waals surface area contributed by atoms with Crippen molar-refractivity contribution in [3.8, 4) is 11.5 Å². The summed E-state index contributed by atoms with van der Waals surface area (Å²) in [5.74, 6) is 1.59. The van der Waals surface area contributed by atoms with Gasteiger partial charge in [0, 0.05) is 29.1 Å². The van der Waals surface area contributed by atoms with Crippen molar-refractivity contribution in [3.05, 3.63) is 22.1 Å². The summed E-state index contributed by atoms with van der Waals surface area (Å²) in [6.45, 7) is 11.5. The van der Waals surface area contributed by atoms with Crippen LogP contribution >= 0.6 is 11.3 Å². The molecule has 0 aliphatic carbocycles. The van der Waals surface area contributed by atoms with Gasteiger partial charge in [0.15, 0.2) is 5.82 Å². The van der Waals surface area contributed by atoms with E-state index in [1.165, 1.54) is 0 Å². The molecular weight excluding hydrogens is 268 g/mol. The number of nitrogens with zero attached hydrogens (tertiary/aromatic N) is 3. The second kappa shape index (κ2) is 5.87. The standard InChI is InChI=1S/C15H22N4S/c1-6-10-8-12(16-7-2)19-13(17-10)11-9-20-14(18-11)15(3,4)5/h8-9H,6-7H2,1-5H3,(H,16,17,19). The summed E-state index contributed by atoms with van der Waals surface area (Å²) in [7, 11) is 0. The number of thiazole rings is 1. The smallest absolute Gasteiger partial charge is 0.181 e. The van der Waals surface area contributed by atoms with Crippen LogP contribution in [0.25, 0.3) is 11.5 Å². The fraction of sp³-hybridized carbons (Fsp3) is 0.533. The maximum absolute atomic E-state index is 4.69. The van der Waals surface area contributed by atoms with Gasteiger partial charge in [-0.05, 0) is 13.3 Å². The first kappa shape index (κ1) is 14.9. The van der Waals surface area contributed by atoms with Gasteiger partial charge in [-0.3, -0.25) is 0 Å². The van der Waals surface area contributed by atoms with Crippen LogP contribution < -0.4 is 5.32 Å². The monoisotopic (exact) mass is 290 g/mol. The first-order chi connectivity index (χ1) is 9.44. The van der Waals surface area contributed by atoms with Gasteiger partial charge in [0.1, 0.15) is 11.5 Å². The molecular formula is C15H22N4S. The molecule has 108 valence electrons. The highest BCUT2D eigenvalue weighted by Gasteiger charge is 2.19. The van der Waals surface area contributed by atoms with E-state index in [1.807, 2.05) is 11.4 Å². The third-order valence-electron chi connectivity index (χ3n) is 2.87. The number of hydrogen-bond donors (Lipinski definition) is 1. The van der Waals surface area contributed by atoms with Crippen molar-refractivity contribution in [2.24, 2.45) is 0 Å². The minimum Gasteiger partial charge on any atom is -0.370 e. The molecule has 0 saturated heterocycles. The fourth-order valence-corrected chi connectivity index (χ4v) is 2.67. The van der Waals surface area contributed by atoms with E-state index in [-0.39, 0.29) is 5.41 Å². The number of rotatable bonds is 4. The molecule has 0 aromatic carbocycles. The summed E-state index contributed by atoms with van der Waals surface area (Å²) in [5.41, 5.74) is 1.97. The quantitative estimate of drug-likeness (QED) is 0.928. The first-order valence-electron chi connectivity index (χ1n) is 7.02. The summed E-state index contributed by atoms with van der Waals surface area (Å²) in [6, 6.07) is 2.00. The molecule has 0 bridgehead atoms. The average molecular weight is 290 g/mol. The van der Waals surface area contributed by atoms with Crippen molar-refractivity contribution < 1.29 is 0 Å². The molecule has 0 radical (unpaired) electrons. The minimum atomic E-state index is 0.0653. The molecule has 1 N–H and O–H groups in total. The van der Waals surface area contributed by atoms with Crippen LogP contribution in [0.4, 0.5) is 5.82 Å². The van der Waals surface area contributed by atoms with Crippen LogP contribution in [0.2, 0.25) is 0 Å². The Morgan fingerprint density at radius 1 is 1.15 bits per heavy atom. The minimum absolute atomic E-state index is 0.0653. The van der Waals surface area contributed by atoms with Crippen LogP contribution in [0.1, 0.15) is 45.3 Å². The number of aromatic nitrogens is 3. The molecule has 0 aliphatic heterocycles. The molecule has 4 nitrogen and oxygen atoms in total. The van der Waals surface area contributed by atoms with Crippen LogP contribution in [0, 0.1) is 0 Å². The summed E-state index contributed by atoms with van der Waals surface area (Å²) in [4.78, 5) is 13.8. The van der Waals surface area contributed by atoms with Crippen LogP contribution in [0.5, 0.6) is 0 Å². The summed E-state index contributed by atoms with van der Waals surface area (Å²) >= 11 is 1.67. The topological polar surface area (TPSA) is 50.7 Å². The van der Waals surface area contributed by atoms with E-state index in [0.29, 0.717) is 5.82 Å². The SMILES string of the molecule is CCNc1cc(CC)nc(-c2csc(C(C)(C)C)n2)n1. The van der Waals surface area contributed by atoms with Gasteiger partial charge in [-0.1, -0.05) is 27.7 Å². The van der Waals surface area contributed by atoms with Crippen molar-refractivity contribution in [2.45, 2.75) is 46.5 Å². The molecule has 2 heterocycles. The average Bonchev–Trinajstić information content (AvgIpc) is 2.88. The molecule has 0 aliphatic rings. The predicted molar refractivity (Wildman–Crippen MR) is 85.4 cm³/mol. The Hall–Kier alpha value is -1.49. The normalized spacial score (nSPS) is 11.7. The summed E-state index contributed by atoms with van der Waals surface area (Å²) < 4.78 is 0. The highest BCUT2D eigenvalue weighted by Crippen LogP contribution is 2.29. The molecule has 2 aromatic heterocycles. The molecule has 0 fully saturated rings. The molecule has 0 unspecified atom stereocenters. The maximum Gasteiger partial charge on any atom is 0.181 e. The van der Waals surface area contributed by atoms with E-state index < -0.39 is 0 Å². The second-order valence-corrected chi connectivity index (χ2v) is 6.60. The van der Waals surface area contributed by atoms with Crippen LogP contribution in [0.15, 0.2) is 11.4 Å². The van der Waals surface area contributed by atoms with E-state index in [2.05, 4.69) is 49.9 Å². The number of nitrogens with one attached hydrogen (secondary N) is 1. The zero-order valence-electron chi connectivity index (χ0n) is 12.8. The number of anilines is 1. The lowest BCUT2D eigenvalue weighted by atomic mass is 9.98. The van der Waals surface area contributed by atoms with Gasteiger partial charge in [0.05, 0.1) is 5.01 Å². The van der Waals surface area contributed by atoms with E-state index >= 15 is 0 Å². The molecule has 0 atom stereocenters. The Kier molecular flexibility index (Phi) is 4.38. The van der Waals surface area contributed by atoms with Gasteiger partial charge < -0.3 is 5.32 Å². The Labute approximate surface area is 124 Å². The lowest BCUT2D eigenvalue weighted by molar-refractivity contribution is 0.586. The summed E-state index contributed by atoms with van der Waals surface area (Å²) in [5, 5.41) is 6.41. The van der Waals surface area contributed by atoms with E-state index in [9.17, 15) is 0 Å². The highest BCUT2D eigenvalue weighted by atomic mass is 32.1. The van der Waals surface area contributed by atoms with Crippen molar-refractivity contribution in [2.75, 3.05) is 11.9 Å². The van der Waals surface area contributed by atoms with Gasteiger partial charge in [-0.25, -0.2) is 15.0 Å². The van der Waals surface area contributed by atoms with Gasteiger partial charge in [-0.15, -0.1) is 11.3 Å². The lowest BCUT2D eigenvalue weighted by Crippen LogP contribution is -2.10. The molecule has 2 aromatic rings. The maximum atomic E-state index is 4.69. The Morgan fingerprint density at radius 2 is 1.90 bits per heavy atom. The molecule has 2 rings (SSSR count). The first-order valence-corrected chi connectivity index (χ1v) is 7.90. The number of hydrogen-bond acceptors (Lipinski definition) is 5. The fourth-order valence-electron chi connectivity index (χ4n) is 1.79. The van der Waals surface area contributed by atoms with E-state index in [4.69, 9.17) is 4.98 Å². The molecule has 5 heteroatoms. The van der Waals surface area contributed by atoms with Gasteiger partial charge in [0.2, 0.25) is 0 Å². The third-order valence-corrected chi connectivity index (χ3v) is 4.14. The van der Waals surface area contributed by atoms with E-state index in [1.54, 1.807) is 11.3 Å². The van der Waals surface area contributed by atoms with Crippen molar-refractivity contribution >= 4 is 17.2 Å². The largest absolute Gasteiger partial charge is 0.370 e. The number of aryl methyl sites for hydroxylation is 1. The predicted octanol–water partition coefficient (Wildman–Crippen LogP) is 3.89. The van der Waals surface area contributed by atoms with Gasteiger partial charge >= 0.3 is 0 Å². The Bertz CT molecular complexity index is 584. The lowest BCUT2D eigenvalue weighted by Gasteiger charge is -2.13. The van der Waals surface area contributed by atoms with Crippen molar-refractivity contribution in [3.63, 3.8) is 0 Å². The van der Waals surface area contributed by atoms with Gasteiger partial charge in [-0.2, -0.15) is 0 Å².